The molecule has 2 aliphatic heterocycles. The molecule has 25 heavy (non-hydrogen) atoms. The lowest BCUT2D eigenvalue weighted by molar-refractivity contribution is -0.140. The van der Waals surface area contributed by atoms with Crippen molar-refractivity contribution in [2.45, 2.75) is 50.7 Å². The molecule has 4 rings (SSSR count). The predicted octanol–water partition coefficient (Wildman–Crippen LogP) is 2.45. The molecule has 1 aromatic rings. The van der Waals surface area contributed by atoms with Gasteiger partial charge in [-0.15, -0.1) is 0 Å². The quantitative estimate of drug-likeness (QED) is 0.795. The summed E-state index contributed by atoms with van der Waals surface area (Å²) in [4.78, 5) is 19.3. The average molecular weight is 344 g/mol. The molecule has 0 spiro atoms. The van der Waals surface area contributed by atoms with Crippen LogP contribution in [0.15, 0.2) is 24.5 Å². The van der Waals surface area contributed by atoms with E-state index >= 15 is 0 Å². The number of nitrogens with zero attached hydrogens (tertiary/aromatic N) is 2. The van der Waals surface area contributed by atoms with Gasteiger partial charge in [-0.05, 0) is 62.1 Å². The summed E-state index contributed by atoms with van der Waals surface area (Å²) in [6, 6.07) is 4.25. The van der Waals surface area contributed by atoms with Gasteiger partial charge in [-0.3, -0.25) is 9.78 Å². The number of likely N-dealkylation sites (tertiary alicyclic amines) is 1. The van der Waals surface area contributed by atoms with Gasteiger partial charge in [0.1, 0.15) is 0 Å². The Bertz CT molecular complexity index is 570. The van der Waals surface area contributed by atoms with Crippen LogP contribution in [0.1, 0.15) is 37.7 Å². The van der Waals surface area contributed by atoms with Crippen molar-refractivity contribution in [3.63, 3.8) is 0 Å². The smallest absolute Gasteiger partial charge is 0.226 e. The third-order valence-corrected chi connectivity index (χ3v) is 5.77. The molecule has 1 saturated carbocycles. The second-order valence-electron chi connectivity index (χ2n) is 7.65. The second-order valence-corrected chi connectivity index (χ2v) is 7.65. The first-order valence-corrected chi connectivity index (χ1v) is 9.70. The standard InChI is InChI=1S/C20H28N2O3/c23-20(17-6-11-24-12-7-17)22-10-5-19(25-14-16-1-2-16)18(22)13-15-3-8-21-9-4-15/h3-4,8-9,16-19H,1-2,5-7,10-14H2/t18-,19-/m1/s1. The Morgan fingerprint density at radius 3 is 2.64 bits per heavy atom. The van der Waals surface area contributed by atoms with Gasteiger partial charge in [-0.1, -0.05) is 0 Å². The molecule has 0 unspecified atom stereocenters. The van der Waals surface area contributed by atoms with Crippen molar-refractivity contribution in [3.8, 4) is 0 Å². The molecule has 3 fully saturated rings. The largest absolute Gasteiger partial charge is 0.381 e. The number of hydrogen-bond donors (Lipinski definition) is 0. The molecule has 0 bridgehead atoms. The van der Waals surface area contributed by atoms with Gasteiger partial charge in [0.15, 0.2) is 0 Å². The molecule has 3 heterocycles. The Kier molecular flexibility index (Phi) is 5.32. The van der Waals surface area contributed by atoms with E-state index in [4.69, 9.17) is 9.47 Å². The van der Waals surface area contributed by atoms with E-state index < -0.39 is 0 Å². The van der Waals surface area contributed by atoms with Crippen LogP contribution >= 0.6 is 0 Å². The van der Waals surface area contributed by atoms with E-state index in [0.717, 1.165) is 44.8 Å². The molecular weight excluding hydrogens is 316 g/mol. The molecule has 1 aliphatic carbocycles. The third-order valence-electron chi connectivity index (χ3n) is 5.77. The van der Waals surface area contributed by atoms with E-state index in [9.17, 15) is 4.79 Å². The molecule has 3 aliphatic rings. The van der Waals surface area contributed by atoms with E-state index in [0.29, 0.717) is 19.1 Å². The van der Waals surface area contributed by atoms with Crippen molar-refractivity contribution >= 4 is 5.91 Å². The van der Waals surface area contributed by atoms with Crippen molar-refractivity contribution in [3.05, 3.63) is 30.1 Å². The number of amides is 1. The highest BCUT2D eigenvalue weighted by Gasteiger charge is 2.40. The first-order valence-electron chi connectivity index (χ1n) is 9.70. The summed E-state index contributed by atoms with van der Waals surface area (Å²) in [6.07, 6.45) is 9.93. The van der Waals surface area contributed by atoms with Crippen LogP contribution in [0.2, 0.25) is 0 Å². The molecule has 5 nitrogen and oxygen atoms in total. The number of carbonyl (C=O) groups is 1. The van der Waals surface area contributed by atoms with E-state index in [-0.39, 0.29) is 18.1 Å². The summed E-state index contributed by atoms with van der Waals surface area (Å²) in [5, 5.41) is 0. The maximum atomic E-state index is 13.1. The molecule has 2 atom stereocenters. The minimum absolute atomic E-state index is 0.121. The first-order chi connectivity index (χ1) is 12.3. The average Bonchev–Trinajstić information content (AvgIpc) is 3.42. The second kappa shape index (κ2) is 7.83. The predicted molar refractivity (Wildman–Crippen MR) is 94.1 cm³/mol. The van der Waals surface area contributed by atoms with Gasteiger partial charge < -0.3 is 14.4 Å². The van der Waals surface area contributed by atoms with Crippen molar-refractivity contribution < 1.29 is 14.3 Å². The fourth-order valence-corrected chi connectivity index (χ4v) is 4.02. The Morgan fingerprint density at radius 1 is 1.16 bits per heavy atom. The number of aromatic nitrogens is 1. The van der Waals surface area contributed by atoms with Crippen molar-refractivity contribution in [2.75, 3.05) is 26.4 Å². The zero-order valence-corrected chi connectivity index (χ0v) is 14.8. The van der Waals surface area contributed by atoms with E-state index in [1.54, 1.807) is 0 Å². The lowest BCUT2D eigenvalue weighted by Crippen LogP contribution is -2.45. The number of hydrogen-bond acceptors (Lipinski definition) is 4. The van der Waals surface area contributed by atoms with E-state index in [1.807, 2.05) is 24.5 Å². The van der Waals surface area contributed by atoms with Crippen LogP contribution in [0.25, 0.3) is 0 Å². The fourth-order valence-electron chi connectivity index (χ4n) is 4.02. The van der Waals surface area contributed by atoms with Crippen LogP contribution in [0.4, 0.5) is 0 Å². The van der Waals surface area contributed by atoms with E-state index in [2.05, 4.69) is 9.88 Å². The zero-order valence-electron chi connectivity index (χ0n) is 14.8. The Balaban J connectivity index is 1.46. The van der Waals surface area contributed by atoms with Crippen molar-refractivity contribution in [1.82, 2.24) is 9.88 Å². The van der Waals surface area contributed by atoms with Crippen molar-refractivity contribution in [1.29, 1.82) is 0 Å². The van der Waals surface area contributed by atoms with Gasteiger partial charge in [0, 0.05) is 44.7 Å². The topological polar surface area (TPSA) is 51.7 Å². The summed E-state index contributed by atoms with van der Waals surface area (Å²) >= 11 is 0. The van der Waals surface area contributed by atoms with Crippen LogP contribution in [-0.4, -0.2) is 54.3 Å². The lowest BCUT2D eigenvalue weighted by Gasteiger charge is -2.32. The summed E-state index contributed by atoms with van der Waals surface area (Å²) in [5.41, 5.74) is 1.23. The molecule has 136 valence electrons. The fraction of sp³-hybridized carbons (Fsp3) is 0.700. The maximum absolute atomic E-state index is 13.1. The highest BCUT2D eigenvalue weighted by atomic mass is 16.5. The maximum Gasteiger partial charge on any atom is 0.226 e. The summed E-state index contributed by atoms with van der Waals surface area (Å²) in [5.74, 6) is 1.18. The minimum atomic E-state index is 0.121. The van der Waals surface area contributed by atoms with Crippen LogP contribution in [-0.2, 0) is 20.7 Å². The molecule has 1 aromatic heterocycles. The summed E-state index contributed by atoms with van der Waals surface area (Å²) in [6.45, 7) is 3.10. The zero-order chi connectivity index (χ0) is 17.1. The van der Waals surface area contributed by atoms with Gasteiger partial charge >= 0.3 is 0 Å². The molecule has 1 amide bonds. The Hall–Kier alpha value is -1.46. The molecule has 5 heteroatoms. The Labute approximate surface area is 149 Å². The van der Waals surface area contributed by atoms with Gasteiger partial charge in [0.25, 0.3) is 0 Å². The van der Waals surface area contributed by atoms with E-state index in [1.165, 1.54) is 18.4 Å². The third kappa shape index (κ3) is 4.21. The molecule has 2 saturated heterocycles. The Morgan fingerprint density at radius 2 is 1.92 bits per heavy atom. The van der Waals surface area contributed by atoms with Crippen LogP contribution in [0.3, 0.4) is 0 Å². The van der Waals surface area contributed by atoms with Crippen LogP contribution in [0, 0.1) is 11.8 Å². The first kappa shape index (κ1) is 17.0. The van der Waals surface area contributed by atoms with Gasteiger partial charge in [0.05, 0.1) is 12.1 Å². The lowest BCUT2D eigenvalue weighted by atomic mass is 9.96. The summed E-state index contributed by atoms with van der Waals surface area (Å²) < 4.78 is 11.7. The molecule has 0 aromatic carbocycles. The van der Waals surface area contributed by atoms with Gasteiger partial charge in [-0.25, -0.2) is 0 Å². The SMILES string of the molecule is O=C(C1CCOCC1)N1CC[C@@H](OCC2CC2)[C@H]1Cc1ccncc1. The van der Waals surface area contributed by atoms with Gasteiger partial charge in [-0.2, -0.15) is 0 Å². The number of carbonyl (C=O) groups excluding carboxylic acids is 1. The molecule has 0 radical (unpaired) electrons. The highest BCUT2D eigenvalue weighted by molar-refractivity contribution is 5.79. The van der Waals surface area contributed by atoms with Crippen molar-refractivity contribution in [2.24, 2.45) is 11.8 Å². The monoisotopic (exact) mass is 344 g/mol. The summed E-state index contributed by atoms with van der Waals surface area (Å²) in [7, 11) is 0. The van der Waals surface area contributed by atoms with Gasteiger partial charge in [0.2, 0.25) is 5.91 Å². The number of ether oxygens (including phenoxy) is 2. The normalized spacial score (nSPS) is 27.6. The minimum Gasteiger partial charge on any atom is -0.381 e. The molecular formula is C20H28N2O3. The highest BCUT2D eigenvalue weighted by Crippen LogP contribution is 2.33. The number of pyridine rings is 1. The van der Waals surface area contributed by atoms with Crippen LogP contribution < -0.4 is 0 Å². The van der Waals surface area contributed by atoms with Crippen LogP contribution in [0.5, 0.6) is 0 Å². The number of rotatable bonds is 6. The molecule has 0 N–H and O–H groups in total.